The van der Waals surface area contributed by atoms with E-state index in [9.17, 15) is 5.11 Å². The Morgan fingerprint density at radius 2 is 2.29 bits per heavy atom. The molecule has 1 aliphatic rings. The number of rotatable bonds is 5. The first-order chi connectivity index (χ1) is 10.2. The Hall–Kier alpha value is -1.36. The summed E-state index contributed by atoms with van der Waals surface area (Å²) in [4.78, 5) is 0. The maximum atomic E-state index is 9.84. The number of aliphatic hydroxyl groups excluding tert-OH is 1. The molecule has 112 valence electrons. The molecule has 1 saturated carbocycles. The normalized spacial score (nSPS) is 21.8. The SMILES string of the molecule is OC1CCCC1CNCc1cn[nH]c1-c1cccc(Cl)c1. The van der Waals surface area contributed by atoms with Gasteiger partial charge in [-0.25, -0.2) is 0 Å². The van der Waals surface area contributed by atoms with Crippen LogP contribution in [0, 0.1) is 5.92 Å². The van der Waals surface area contributed by atoms with Gasteiger partial charge in [0.2, 0.25) is 0 Å². The van der Waals surface area contributed by atoms with Gasteiger partial charge in [0.1, 0.15) is 0 Å². The van der Waals surface area contributed by atoms with Gasteiger partial charge in [-0.15, -0.1) is 0 Å². The van der Waals surface area contributed by atoms with Crippen LogP contribution in [0.15, 0.2) is 30.5 Å². The van der Waals surface area contributed by atoms with Gasteiger partial charge in [0.25, 0.3) is 0 Å². The molecule has 1 aromatic carbocycles. The van der Waals surface area contributed by atoms with Crippen LogP contribution in [0.5, 0.6) is 0 Å². The number of halogens is 1. The molecule has 0 bridgehead atoms. The Kier molecular flexibility index (Phi) is 4.58. The van der Waals surface area contributed by atoms with Crippen molar-refractivity contribution < 1.29 is 5.11 Å². The van der Waals surface area contributed by atoms with Crippen LogP contribution in [-0.4, -0.2) is 28.0 Å². The topological polar surface area (TPSA) is 60.9 Å². The summed E-state index contributed by atoms with van der Waals surface area (Å²) in [5, 5.41) is 21.2. The van der Waals surface area contributed by atoms with E-state index in [2.05, 4.69) is 15.5 Å². The zero-order chi connectivity index (χ0) is 14.7. The van der Waals surface area contributed by atoms with E-state index in [1.165, 1.54) is 0 Å². The van der Waals surface area contributed by atoms with Gasteiger partial charge in [-0.3, -0.25) is 5.10 Å². The van der Waals surface area contributed by atoms with Gasteiger partial charge in [0.05, 0.1) is 18.0 Å². The molecule has 21 heavy (non-hydrogen) atoms. The second-order valence-electron chi connectivity index (χ2n) is 5.67. The van der Waals surface area contributed by atoms with E-state index in [-0.39, 0.29) is 6.10 Å². The van der Waals surface area contributed by atoms with Crippen molar-refractivity contribution in [3.63, 3.8) is 0 Å². The predicted octanol–water partition coefficient (Wildman–Crippen LogP) is 2.98. The minimum absolute atomic E-state index is 0.144. The first-order valence-corrected chi connectivity index (χ1v) is 7.79. The molecule has 3 N–H and O–H groups in total. The van der Waals surface area contributed by atoms with Gasteiger partial charge in [-0.2, -0.15) is 5.10 Å². The fourth-order valence-corrected chi connectivity index (χ4v) is 3.18. The van der Waals surface area contributed by atoms with E-state index in [0.29, 0.717) is 5.92 Å². The third-order valence-corrected chi connectivity index (χ3v) is 4.41. The molecule has 5 heteroatoms. The minimum Gasteiger partial charge on any atom is -0.393 e. The Balaban J connectivity index is 1.63. The van der Waals surface area contributed by atoms with Gasteiger partial charge in [-0.1, -0.05) is 30.2 Å². The monoisotopic (exact) mass is 305 g/mol. The molecule has 1 aromatic heterocycles. The third-order valence-electron chi connectivity index (χ3n) is 4.17. The van der Waals surface area contributed by atoms with Crippen LogP contribution in [0.25, 0.3) is 11.3 Å². The Morgan fingerprint density at radius 3 is 3.05 bits per heavy atom. The number of aliphatic hydroxyl groups is 1. The smallest absolute Gasteiger partial charge is 0.0695 e. The van der Waals surface area contributed by atoms with E-state index in [4.69, 9.17) is 11.6 Å². The number of hydrogen-bond donors (Lipinski definition) is 3. The van der Waals surface area contributed by atoms with Gasteiger partial charge in [0, 0.05) is 29.2 Å². The number of aromatic amines is 1. The molecule has 0 amide bonds. The van der Waals surface area contributed by atoms with Crippen molar-refractivity contribution in [2.75, 3.05) is 6.54 Å². The maximum absolute atomic E-state index is 9.84. The fraction of sp³-hybridized carbons (Fsp3) is 0.438. The van der Waals surface area contributed by atoms with Crippen LogP contribution in [0.2, 0.25) is 5.02 Å². The summed E-state index contributed by atoms with van der Waals surface area (Å²) >= 11 is 6.04. The summed E-state index contributed by atoms with van der Waals surface area (Å²) in [6, 6.07) is 7.74. The summed E-state index contributed by atoms with van der Waals surface area (Å²) in [5.74, 6) is 0.381. The molecule has 0 radical (unpaired) electrons. The molecule has 1 heterocycles. The van der Waals surface area contributed by atoms with Crippen molar-refractivity contribution in [1.82, 2.24) is 15.5 Å². The Morgan fingerprint density at radius 1 is 1.38 bits per heavy atom. The second kappa shape index (κ2) is 6.60. The highest BCUT2D eigenvalue weighted by molar-refractivity contribution is 6.30. The zero-order valence-electron chi connectivity index (χ0n) is 11.8. The standard InChI is InChI=1S/C16H20ClN3O/c17-14-5-1-3-11(7-14)16-13(10-19-20-16)9-18-8-12-4-2-6-15(12)21/h1,3,5,7,10,12,15,18,21H,2,4,6,8-9H2,(H,19,20). The molecule has 3 rings (SSSR count). The molecule has 0 spiro atoms. The van der Waals surface area contributed by atoms with E-state index < -0.39 is 0 Å². The Labute approximate surface area is 129 Å². The highest BCUT2D eigenvalue weighted by Crippen LogP contribution is 2.26. The number of benzene rings is 1. The van der Waals surface area contributed by atoms with Crippen LogP contribution < -0.4 is 5.32 Å². The molecule has 0 saturated heterocycles. The van der Waals surface area contributed by atoms with Gasteiger partial charge in [0.15, 0.2) is 0 Å². The summed E-state index contributed by atoms with van der Waals surface area (Å²) < 4.78 is 0. The quantitative estimate of drug-likeness (QED) is 0.796. The zero-order valence-corrected chi connectivity index (χ0v) is 12.6. The summed E-state index contributed by atoms with van der Waals surface area (Å²) in [6.07, 6.45) is 4.88. The fourth-order valence-electron chi connectivity index (χ4n) is 2.99. The number of nitrogens with zero attached hydrogens (tertiary/aromatic N) is 1. The van der Waals surface area contributed by atoms with Crippen molar-refractivity contribution in [1.29, 1.82) is 0 Å². The molecular weight excluding hydrogens is 286 g/mol. The molecule has 1 fully saturated rings. The minimum atomic E-state index is -0.144. The molecule has 2 aromatic rings. The molecule has 4 nitrogen and oxygen atoms in total. The lowest BCUT2D eigenvalue weighted by Crippen LogP contribution is -2.27. The van der Waals surface area contributed by atoms with Gasteiger partial charge < -0.3 is 10.4 Å². The lowest BCUT2D eigenvalue weighted by molar-refractivity contribution is 0.131. The molecule has 0 aliphatic heterocycles. The predicted molar refractivity (Wildman–Crippen MR) is 84.1 cm³/mol. The highest BCUT2D eigenvalue weighted by Gasteiger charge is 2.24. The van der Waals surface area contributed by atoms with E-state index in [0.717, 1.165) is 54.2 Å². The van der Waals surface area contributed by atoms with Crippen LogP contribution >= 0.6 is 11.6 Å². The third kappa shape index (κ3) is 3.46. The number of nitrogens with one attached hydrogen (secondary N) is 2. The largest absolute Gasteiger partial charge is 0.393 e. The molecule has 2 unspecified atom stereocenters. The molecular formula is C16H20ClN3O. The van der Waals surface area contributed by atoms with E-state index >= 15 is 0 Å². The van der Waals surface area contributed by atoms with Crippen LogP contribution in [0.3, 0.4) is 0 Å². The van der Waals surface area contributed by atoms with Crippen LogP contribution in [-0.2, 0) is 6.54 Å². The maximum Gasteiger partial charge on any atom is 0.0695 e. The lowest BCUT2D eigenvalue weighted by Gasteiger charge is -2.15. The summed E-state index contributed by atoms with van der Waals surface area (Å²) in [6.45, 7) is 1.59. The second-order valence-corrected chi connectivity index (χ2v) is 6.11. The average Bonchev–Trinajstić information content (AvgIpc) is 3.09. The lowest BCUT2D eigenvalue weighted by atomic mass is 10.1. The molecule has 1 aliphatic carbocycles. The summed E-state index contributed by atoms with van der Waals surface area (Å²) in [5.41, 5.74) is 3.15. The van der Waals surface area contributed by atoms with Crippen molar-refractivity contribution >= 4 is 11.6 Å². The molecule has 2 atom stereocenters. The number of aromatic nitrogens is 2. The number of H-pyrrole nitrogens is 1. The first kappa shape index (κ1) is 14.6. The van der Waals surface area contributed by atoms with Crippen molar-refractivity contribution in [2.24, 2.45) is 5.92 Å². The summed E-state index contributed by atoms with van der Waals surface area (Å²) in [7, 11) is 0. The van der Waals surface area contributed by atoms with E-state index in [1.807, 2.05) is 30.5 Å². The van der Waals surface area contributed by atoms with E-state index in [1.54, 1.807) is 0 Å². The van der Waals surface area contributed by atoms with Crippen LogP contribution in [0.1, 0.15) is 24.8 Å². The number of hydrogen-bond acceptors (Lipinski definition) is 3. The van der Waals surface area contributed by atoms with Gasteiger partial charge in [-0.05, 0) is 30.9 Å². The van der Waals surface area contributed by atoms with Crippen LogP contribution in [0.4, 0.5) is 0 Å². The average molecular weight is 306 g/mol. The van der Waals surface area contributed by atoms with Crippen molar-refractivity contribution in [3.05, 3.63) is 41.0 Å². The van der Waals surface area contributed by atoms with Crippen molar-refractivity contribution in [3.8, 4) is 11.3 Å². The Bertz CT molecular complexity index is 599. The van der Waals surface area contributed by atoms with Crippen molar-refractivity contribution in [2.45, 2.75) is 31.9 Å². The highest BCUT2D eigenvalue weighted by atomic mass is 35.5. The van der Waals surface area contributed by atoms with Gasteiger partial charge >= 0.3 is 0 Å². The first-order valence-electron chi connectivity index (χ1n) is 7.41.